The average Bonchev–Trinajstić information content (AvgIpc) is 2.84. The molecule has 1 aliphatic carbocycles. The monoisotopic (exact) mass is 450 g/mol. The number of hydrogen-bond acceptors (Lipinski definition) is 3. The number of hydrogen-bond donors (Lipinski definition) is 1. The lowest BCUT2D eigenvalue weighted by molar-refractivity contribution is -0.134. The minimum Gasteiger partial charge on any atom is -0.508 e. The van der Waals surface area contributed by atoms with Crippen molar-refractivity contribution in [3.8, 4) is 11.5 Å². The van der Waals surface area contributed by atoms with Crippen LogP contribution in [0.15, 0.2) is 48.5 Å². The molecule has 0 saturated heterocycles. The summed E-state index contributed by atoms with van der Waals surface area (Å²) in [5.74, 6) is 0.812. The van der Waals surface area contributed by atoms with E-state index in [0.717, 1.165) is 25.7 Å². The predicted octanol–water partition coefficient (Wildman–Crippen LogP) is 8.47. The highest BCUT2D eigenvalue weighted by Crippen LogP contribution is 2.45. The maximum Gasteiger partial charge on any atom is 0.311 e. The van der Waals surface area contributed by atoms with Crippen LogP contribution in [0.2, 0.25) is 0 Å². The van der Waals surface area contributed by atoms with E-state index in [1.807, 2.05) is 12.1 Å². The fourth-order valence-electron chi connectivity index (χ4n) is 5.28. The van der Waals surface area contributed by atoms with Crippen molar-refractivity contribution in [1.82, 2.24) is 0 Å². The zero-order chi connectivity index (χ0) is 23.4. The van der Waals surface area contributed by atoms with Gasteiger partial charge in [0.25, 0.3) is 0 Å². The van der Waals surface area contributed by atoms with Crippen molar-refractivity contribution in [2.75, 3.05) is 0 Å². The summed E-state index contributed by atoms with van der Waals surface area (Å²) in [5, 5.41) is 9.73. The summed E-state index contributed by atoms with van der Waals surface area (Å²) < 4.78 is 5.61. The van der Waals surface area contributed by atoms with Gasteiger partial charge in [0.1, 0.15) is 11.5 Å². The van der Waals surface area contributed by atoms with Crippen LogP contribution in [0.5, 0.6) is 11.5 Å². The molecule has 0 radical (unpaired) electrons. The maximum atomic E-state index is 12.3. The molecule has 1 aliphatic rings. The molecule has 1 N–H and O–H groups in total. The van der Waals surface area contributed by atoms with Crippen LogP contribution >= 0.6 is 0 Å². The van der Waals surface area contributed by atoms with Gasteiger partial charge in [0, 0.05) is 11.8 Å². The molecule has 0 heterocycles. The summed E-state index contributed by atoms with van der Waals surface area (Å²) in [6.07, 6.45) is 17.6. The molecule has 2 aromatic carbocycles. The molecule has 0 atom stereocenters. The fourth-order valence-corrected chi connectivity index (χ4v) is 5.28. The van der Waals surface area contributed by atoms with Crippen molar-refractivity contribution < 1.29 is 14.6 Å². The molecule has 0 spiro atoms. The Morgan fingerprint density at radius 3 is 1.85 bits per heavy atom. The molecule has 3 heteroatoms. The Hall–Kier alpha value is -2.29. The van der Waals surface area contributed by atoms with Crippen LogP contribution in [0.3, 0.4) is 0 Å². The van der Waals surface area contributed by atoms with Crippen LogP contribution in [-0.2, 0) is 10.2 Å². The van der Waals surface area contributed by atoms with Crippen LogP contribution in [0.25, 0.3) is 0 Å². The van der Waals surface area contributed by atoms with E-state index in [9.17, 15) is 9.90 Å². The van der Waals surface area contributed by atoms with E-state index in [0.29, 0.717) is 17.9 Å². The molecule has 0 unspecified atom stereocenters. The third-order valence-electron chi connectivity index (χ3n) is 7.25. The Bertz CT molecular complexity index is 817. The number of unbranched alkanes of at least 4 members (excludes halogenated alkanes) is 8. The van der Waals surface area contributed by atoms with E-state index in [2.05, 4.69) is 31.2 Å². The van der Waals surface area contributed by atoms with Crippen LogP contribution in [-0.4, -0.2) is 11.1 Å². The number of rotatable bonds is 13. The van der Waals surface area contributed by atoms with Gasteiger partial charge in [-0.25, -0.2) is 0 Å². The third-order valence-corrected chi connectivity index (χ3v) is 7.25. The van der Waals surface area contributed by atoms with Crippen LogP contribution in [0.1, 0.15) is 114 Å². The molecule has 180 valence electrons. The van der Waals surface area contributed by atoms with Gasteiger partial charge in [0.05, 0.1) is 0 Å². The van der Waals surface area contributed by atoms with E-state index in [4.69, 9.17) is 4.74 Å². The second-order valence-corrected chi connectivity index (χ2v) is 9.77. The van der Waals surface area contributed by atoms with Gasteiger partial charge < -0.3 is 9.84 Å². The largest absolute Gasteiger partial charge is 0.508 e. The normalized spacial score (nSPS) is 15.3. The number of benzene rings is 2. The van der Waals surface area contributed by atoms with Crippen molar-refractivity contribution in [2.45, 2.75) is 109 Å². The topological polar surface area (TPSA) is 46.5 Å². The summed E-state index contributed by atoms with van der Waals surface area (Å²) >= 11 is 0. The van der Waals surface area contributed by atoms with Crippen LogP contribution in [0.4, 0.5) is 0 Å². The lowest BCUT2D eigenvalue weighted by Crippen LogP contribution is -2.30. The van der Waals surface area contributed by atoms with Gasteiger partial charge >= 0.3 is 5.97 Å². The molecule has 3 nitrogen and oxygen atoms in total. The highest BCUT2D eigenvalue weighted by atomic mass is 16.5. The zero-order valence-corrected chi connectivity index (χ0v) is 20.5. The van der Waals surface area contributed by atoms with Crippen molar-refractivity contribution in [3.63, 3.8) is 0 Å². The average molecular weight is 451 g/mol. The smallest absolute Gasteiger partial charge is 0.311 e. The van der Waals surface area contributed by atoms with Gasteiger partial charge in [-0.3, -0.25) is 4.79 Å². The van der Waals surface area contributed by atoms with Gasteiger partial charge in [0.2, 0.25) is 0 Å². The Kier molecular flexibility index (Phi) is 10.3. The van der Waals surface area contributed by atoms with Gasteiger partial charge in [-0.2, -0.15) is 0 Å². The first-order chi connectivity index (χ1) is 16.1. The molecular weight excluding hydrogens is 408 g/mol. The first kappa shape index (κ1) is 25.3. The Labute approximate surface area is 200 Å². The van der Waals surface area contributed by atoms with Crippen LogP contribution in [0, 0.1) is 0 Å². The highest BCUT2D eigenvalue weighted by molar-refractivity contribution is 5.72. The first-order valence-corrected chi connectivity index (χ1v) is 13.2. The molecule has 3 rings (SSSR count). The SMILES string of the molecule is CCCCCCCCCCCC(=O)Oc1ccc(C2(c3ccc(O)cc3)CCCCC2)cc1. The van der Waals surface area contributed by atoms with E-state index >= 15 is 0 Å². The molecule has 0 amide bonds. The molecule has 33 heavy (non-hydrogen) atoms. The molecule has 1 saturated carbocycles. The molecule has 2 aromatic rings. The van der Waals surface area contributed by atoms with Crippen molar-refractivity contribution in [2.24, 2.45) is 0 Å². The molecule has 0 bridgehead atoms. The van der Waals surface area contributed by atoms with E-state index in [1.165, 1.54) is 75.3 Å². The number of carbonyl (C=O) groups excluding carboxylic acids is 1. The number of aromatic hydroxyl groups is 1. The number of phenolic OH excluding ortho intramolecular Hbond substituents is 1. The third kappa shape index (κ3) is 7.62. The predicted molar refractivity (Wildman–Crippen MR) is 136 cm³/mol. The summed E-state index contributed by atoms with van der Waals surface area (Å²) in [7, 11) is 0. The van der Waals surface area contributed by atoms with E-state index in [-0.39, 0.29) is 11.4 Å². The summed E-state index contributed by atoms with van der Waals surface area (Å²) in [5.41, 5.74) is 2.51. The molecule has 0 aliphatic heterocycles. The fraction of sp³-hybridized carbons (Fsp3) is 0.567. The van der Waals surface area contributed by atoms with E-state index in [1.54, 1.807) is 12.1 Å². The Morgan fingerprint density at radius 2 is 1.27 bits per heavy atom. The van der Waals surface area contributed by atoms with Gasteiger partial charge in [0.15, 0.2) is 0 Å². The maximum absolute atomic E-state index is 12.3. The van der Waals surface area contributed by atoms with Crippen molar-refractivity contribution >= 4 is 5.97 Å². The highest BCUT2D eigenvalue weighted by Gasteiger charge is 2.35. The van der Waals surface area contributed by atoms with Gasteiger partial charge in [-0.15, -0.1) is 0 Å². The number of carbonyl (C=O) groups is 1. The number of ether oxygens (including phenoxy) is 1. The minimum absolute atomic E-state index is 0.0228. The molecule has 1 fully saturated rings. The van der Waals surface area contributed by atoms with Gasteiger partial charge in [-0.05, 0) is 54.7 Å². The molecular formula is C30H42O3. The quantitative estimate of drug-likeness (QED) is 0.189. The number of esters is 1. The van der Waals surface area contributed by atoms with Crippen molar-refractivity contribution in [3.05, 3.63) is 59.7 Å². The van der Waals surface area contributed by atoms with E-state index < -0.39 is 0 Å². The van der Waals surface area contributed by atoms with Crippen molar-refractivity contribution in [1.29, 1.82) is 0 Å². The van der Waals surface area contributed by atoms with Crippen LogP contribution < -0.4 is 4.74 Å². The number of phenols is 1. The summed E-state index contributed by atoms with van der Waals surface area (Å²) in [6.45, 7) is 2.25. The lowest BCUT2D eigenvalue weighted by Gasteiger charge is -2.38. The summed E-state index contributed by atoms with van der Waals surface area (Å²) in [4.78, 5) is 12.3. The minimum atomic E-state index is -0.128. The Balaban J connectivity index is 1.48. The standard InChI is InChI=1S/C30H42O3/c1-2-3-4-5-6-7-8-9-11-14-29(32)33-28-21-17-26(18-22-28)30(23-12-10-13-24-30)25-15-19-27(31)20-16-25/h15-22,31H,2-14,23-24H2,1H3. The first-order valence-electron chi connectivity index (χ1n) is 13.2. The second kappa shape index (κ2) is 13.4. The Morgan fingerprint density at radius 1 is 0.758 bits per heavy atom. The zero-order valence-electron chi connectivity index (χ0n) is 20.5. The summed E-state index contributed by atoms with van der Waals surface area (Å²) in [6, 6.07) is 15.8. The molecule has 0 aromatic heterocycles. The second-order valence-electron chi connectivity index (χ2n) is 9.77. The lowest BCUT2D eigenvalue weighted by atomic mass is 9.65. The van der Waals surface area contributed by atoms with Gasteiger partial charge in [-0.1, -0.05) is 102 Å².